The second-order valence-electron chi connectivity index (χ2n) is 5.27. The summed E-state index contributed by atoms with van der Waals surface area (Å²) in [4.78, 5) is 0. The maximum absolute atomic E-state index is 3.50. The van der Waals surface area contributed by atoms with Gasteiger partial charge in [-0.1, -0.05) is 38.1 Å². The molecule has 2 rings (SSSR count). The Hall–Kier alpha value is -0.820. The van der Waals surface area contributed by atoms with E-state index >= 15 is 0 Å². The summed E-state index contributed by atoms with van der Waals surface area (Å²) in [6, 6.07) is 8.94. The van der Waals surface area contributed by atoms with Crippen molar-refractivity contribution >= 4 is 0 Å². The Morgan fingerprint density at radius 1 is 1.31 bits per heavy atom. The summed E-state index contributed by atoms with van der Waals surface area (Å²) in [5.74, 6) is 1.49. The van der Waals surface area contributed by atoms with E-state index in [0.29, 0.717) is 5.92 Å². The van der Waals surface area contributed by atoms with Crippen molar-refractivity contribution in [3.8, 4) is 0 Å². The molecule has 1 atom stereocenters. The van der Waals surface area contributed by atoms with Gasteiger partial charge in [-0.15, -0.1) is 0 Å². The van der Waals surface area contributed by atoms with Crippen LogP contribution in [0.2, 0.25) is 0 Å². The van der Waals surface area contributed by atoms with Crippen LogP contribution in [0.15, 0.2) is 24.3 Å². The topological polar surface area (TPSA) is 12.0 Å². The quantitative estimate of drug-likeness (QED) is 0.818. The zero-order valence-electron chi connectivity index (χ0n) is 10.5. The Labute approximate surface area is 99.3 Å². The van der Waals surface area contributed by atoms with Crippen LogP contribution in [0.4, 0.5) is 0 Å². The number of hydrogen-bond donors (Lipinski definition) is 1. The Morgan fingerprint density at radius 3 is 2.81 bits per heavy atom. The van der Waals surface area contributed by atoms with Gasteiger partial charge < -0.3 is 5.32 Å². The molecule has 1 heteroatoms. The number of rotatable bonds is 3. The lowest BCUT2D eigenvalue weighted by molar-refractivity contribution is 0.375. The van der Waals surface area contributed by atoms with Crippen LogP contribution >= 0.6 is 0 Å². The molecular weight excluding hydrogens is 194 g/mol. The maximum Gasteiger partial charge on any atom is -0.00173 e. The average Bonchev–Trinajstić information content (AvgIpc) is 2.31. The molecule has 1 saturated heterocycles. The SMILES string of the molecule is CC(C)c1ccccc1CC1CCCNC1. The monoisotopic (exact) mass is 217 g/mol. The predicted molar refractivity (Wildman–Crippen MR) is 69.8 cm³/mol. The predicted octanol–water partition coefficient (Wildman–Crippen LogP) is 3.35. The molecule has 0 radical (unpaired) electrons. The molecule has 0 bridgehead atoms. The van der Waals surface area contributed by atoms with Gasteiger partial charge in [-0.2, -0.15) is 0 Å². The van der Waals surface area contributed by atoms with Gasteiger partial charge in [0.05, 0.1) is 0 Å². The average molecular weight is 217 g/mol. The van der Waals surface area contributed by atoms with Crippen LogP contribution in [0.5, 0.6) is 0 Å². The summed E-state index contributed by atoms with van der Waals surface area (Å²) in [5, 5.41) is 3.50. The largest absolute Gasteiger partial charge is 0.316 e. The van der Waals surface area contributed by atoms with E-state index in [4.69, 9.17) is 0 Å². The lowest BCUT2D eigenvalue weighted by Gasteiger charge is -2.24. The molecule has 0 aliphatic carbocycles. The first-order chi connectivity index (χ1) is 7.77. The lowest BCUT2D eigenvalue weighted by atomic mass is 9.87. The highest BCUT2D eigenvalue weighted by Crippen LogP contribution is 2.24. The minimum Gasteiger partial charge on any atom is -0.316 e. The van der Waals surface area contributed by atoms with Crippen LogP contribution in [0, 0.1) is 5.92 Å². The van der Waals surface area contributed by atoms with E-state index in [2.05, 4.69) is 43.4 Å². The van der Waals surface area contributed by atoms with E-state index in [1.165, 1.54) is 37.9 Å². The molecule has 1 heterocycles. The van der Waals surface area contributed by atoms with Gasteiger partial charge in [0.1, 0.15) is 0 Å². The Morgan fingerprint density at radius 2 is 2.12 bits per heavy atom. The molecule has 1 aliphatic rings. The molecule has 0 aromatic heterocycles. The molecule has 16 heavy (non-hydrogen) atoms. The normalized spacial score (nSPS) is 21.3. The summed E-state index contributed by atoms with van der Waals surface area (Å²) < 4.78 is 0. The van der Waals surface area contributed by atoms with E-state index in [1.807, 2.05) is 0 Å². The molecule has 88 valence electrons. The van der Waals surface area contributed by atoms with E-state index < -0.39 is 0 Å². The summed E-state index contributed by atoms with van der Waals surface area (Å²) in [6.45, 7) is 6.99. The van der Waals surface area contributed by atoms with Gasteiger partial charge in [-0.25, -0.2) is 0 Å². The van der Waals surface area contributed by atoms with Crippen LogP contribution in [0.25, 0.3) is 0 Å². The van der Waals surface area contributed by atoms with Crippen LogP contribution in [-0.4, -0.2) is 13.1 Å². The molecule has 0 amide bonds. The van der Waals surface area contributed by atoms with Gasteiger partial charge in [0.25, 0.3) is 0 Å². The maximum atomic E-state index is 3.50. The summed E-state index contributed by atoms with van der Waals surface area (Å²) in [6.07, 6.45) is 3.98. The fourth-order valence-corrected chi connectivity index (χ4v) is 2.69. The van der Waals surface area contributed by atoms with Crippen molar-refractivity contribution in [2.45, 2.75) is 39.0 Å². The third-order valence-corrected chi connectivity index (χ3v) is 3.58. The zero-order chi connectivity index (χ0) is 11.4. The summed E-state index contributed by atoms with van der Waals surface area (Å²) in [5.41, 5.74) is 3.10. The molecule has 1 unspecified atom stereocenters. The number of nitrogens with one attached hydrogen (secondary N) is 1. The Kier molecular flexibility index (Phi) is 4.00. The van der Waals surface area contributed by atoms with Crippen molar-refractivity contribution in [3.05, 3.63) is 35.4 Å². The highest BCUT2D eigenvalue weighted by Gasteiger charge is 2.15. The molecule has 0 spiro atoms. The van der Waals surface area contributed by atoms with E-state index in [0.717, 1.165) is 5.92 Å². The fraction of sp³-hybridized carbons (Fsp3) is 0.600. The van der Waals surface area contributed by atoms with Crippen molar-refractivity contribution in [1.82, 2.24) is 5.32 Å². The third-order valence-electron chi connectivity index (χ3n) is 3.58. The summed E-state index contributed by atoms with van der Waals surface area (Å²) in [7, 11) is 0. The fourth-order valence-electron chi connectivity index (χ4n) is 2.69. The first-order valence-corrected chi connectivity index (χ1v) is 6.56. The van der Waals surface area contributed by atoms with E-state index in [-0.39, 0.29) is 0 Å². The molecule has 0 saturated carbocycles. The molecule has 1 fully saturated rings. The third kappa shape index (κ3) is 2.85. The van der Waals surface area contributed by atoms with Gasteiger partial charge >= 0.3 is 0 Å². The minimum absolute atomic E-state index is 0.646. The van der Waals surface area contributed by atoms with Gasteiger partial charge in [0, 0.05) is 0 Å². The van der Waals surface area contributed by atoms with Gasteiger partial charge in [-0.3, -0.25) is 0 Å². The second-order valence-corrected chi connectivity index (χ2v) is 5.27. The first-order valence-electron chi connectivity index (χ1n) is 6.56. The van der Waals surface area contributed by atoms with Crippen molar-refractivity contribution in [2.75, 3.05) is 13.1 Å². The van der Waals surface area contributed by atoms with Crippen LogP contribution in [0.3, 0.4) is 0 Å². The van der Waals surface area contributed by atoms with Crippen molar-refractivity contribution in [3.63, 3.8) is 0 Å². The first kappa shape index (κ1) is 11.7. The number of piperidine rings is 1. The lowest BCUT2D eigenvalue weighted by Crippen LogP contribution is -2.31. The highest BCUT2D eigenvalue weighted by molar-refractivity contribution is 5.30. The molecule has 1 aliphatic heterocycles. The van der Waals surface area contributed by atoms with Gasteiger partial charge in [-0.05, 0) is 55.3 Å². The molecular formula is C15H23N. The van der Waals surface area contributed by atoms with Crippen LogP contribution in [-0.2, 0) is 6.42 Å². The van der Waals surface area contributed by atoms with E-state index in [1.54, 1.807) is 5.56 Å². The van der Waals surface area contributed by atoms with Crippen molar-refractivity contribution < 1.29 is 0 Å². The molecule has 1 aromatic rings. The van der Waals surface area contributed by atoms with Crippen LogP contribution in [0.1, 0.15) is 43.7 Å². The zero-order valence-corrected chi connectivity index (χ0v) is 10.5. The Bertz CT molecular complexity index is 324. The van der Waals surface area contributed by atoms with Gasteiger partial charge in [0.2, 0.25) is 0 Å². The molecule has 1 N–H and O–H groups in total. The Balaban J connectivity index is 2.07. The summed E-state index contributed by atoms with van der Waals surface area (Å²) >= 11 is 0. The standard InChI is InChI=1S/C15H23N/c1-12(2)15-8-4-3-7-14(15)10-13-6-5-9-16-11-13/h3-4,7-8,12-13,16H,5-6,9-11H2,1-2H3. The minimum atomic E-state index is 0.646. The number of hydrogen-bond acceptors (Lipinski definition) is 1. The van der Waals surface area contributed by atoms with Crippen molar-refractivity contribution in [2.24, 2.45) is 5.92 Å². The smallest absolute Gasteiger partial charge is 0.00173 e. The van der Waals surface area contributed by atoms with Crippen molar-refractivity contribution in [1.29, 1.82) is 0 Å². The number of benzene rings is 1. The van der Waals surface area contributed by atoms with Crippen LogP contribution < -0.4 is 5.32 Å². The highest BCUT2D eigenvalue weighted by atomic mass is 14.9. The van der Waals surface area contributed by atoms with E-state index in [9.17, 15) is 0 Å². The molecule has 1 aromatic carbocycles. The molecule has 1 nitrogen and oxygen atoms in total. The van der Waals surface area contributed by atoms with Gasteiger partial charge in [0.15, 0.2) is 0 Å². The second kappa shape index (κ2) is 5.49.